The van der Waals surface area contributed by atoms with Gasteiger partial charge in [-0.15, -0.1) is 11.3 Å². The van der Waals surface area contributed by atoms with E-state index in [0.717, 1.165) is 61.6 Å². The van der Waals surface area contributed by atoms with Gasteiger partial charge in [0.15, 0.2) is 0 Å². The number of hydrogen-bond acceptors (Lipinski definition) is 5. The topological polar surface area (TPSA) is 41.9 Å². The fourth-order valence-electron chi connectivity index (χ4n) is 7.15. The van der Waals surface area contributed by atoms with Crippen molar-refractivity contribution in [2.24, 2.45) is 0 Å². The summed E-state index contributed by atoms with van der Waals surface area (Å²) in [6, 6.07) is 57.9. The second-order valence-corrected chi connectivity index (χ2v) is 14.0. The predicted molar refractivity (Wildman–Crippen MR) is 219 cm³/mol. The van der Waals surface area contributed by atoms with E-state index in [9.17, 15) is 0 Å². The molecule has 0 amide bonds. The van der Waals surface area contributed by atoms with Crippen molar-refractivity contribution in [1.82, 2.24) is 15.0 Å². The van der Waals surface area contributed by atoms with Crippen LogP contribution in [0.2, 0.25) is 0 Å². The summed E-state index contributed by atoms with van der Waals surface area (Å²) in [5.41, 5.74) is 9.32. The molecule has 0 radical (unpaired) electrons. The van der Waals surface area contributed by atoms with Gasteiger partial charge in [-0.05, 0) is 71.4 Å². The van der Waals surface area contributed by atoms with Gasteiger partial charge in [-0.2, -0.15) is 0 Å². The van der Waals surface area contributed by atoms with Crippen molar-refractivity contribution < 1.29 is 0 Å². The number of fused-ring (bicyclic) bond motifs is 5. The van der Waals surface area contributed by atoms with E-state index in [1.807, 2.05) is 42.1 Å². The van der Waals surface area contributed by atoms with E-state index in [1.165, 1.54) is 30.9 Å². The summed E-state index contributed by atoms with van der Waals surface area (Å²) in [6.07, 6.45) is 5.82. The molecule has 52 heavy (non-hydrogen) atoms. The molecule has 4 nitrogen and oxygen atoms in total. The SMILES string of the molecule is c1ccc2cc(-c3ccc(N(c4ccc(-c5cc6ccccc6cn5)cc4)c4ccc(-c5nccc6sc7ccccc7c56)cc4)cc3)ncc2c1. The van der Waals surface area contributed by atoms with E-state index >= 15 is 0 Å². The number of nitrogens with zero attached hydrogens (tertiary/aromatic N) is 4. The minimum atomic E-state index is 0.955. The Hall–Kier alpha value is -6.69. The average Bonchev–Trinajstić information content (AvgIpc) is 3.61. The normalized spacial score (nSPS) is 11.5. The quantitative estimate of drug-likeness (QED) is 0.175. The Morgan fingerprint density at radius 3 is 1.44 bits per heavy atom. The molecule has 4 heterocycles. The Morgan fingerprint density at radius 2 is 0.885 bits per heavy atom. The first-order valence-electron chi connectivity index (χ1n) is 17.3. The van der Waals surface area contributed by atoms with Crippen molar-refractivity contribution in [3.8, 4) is 33.8 Å². The zero-order chi connectivity index (χ0) is 34.4. The highest BCUT2D eigenvalue weighted by molar-refractivity contribution is 7.25. The molecule has 0 fully saturated rings. The number of rotatable bonds is 6. The molecule has 10 rings (SSSR count). The zero-order valence-electron chi connectivity index (χ0n) is 28.0. The fraction of sp³-hybridized carbons (Fsp3) is 0. The largest absolute Gasteiger partial charge is 0.311 e. The molecular formula is C47H30N4S. The molecule has 4 aromatic heterocycles. The summed E-state index contributed by atoms with van der Waals surface area (Å²) in [6.45, 7) is 0. The lowest BCUT2D eigenvalue weighted by atomic mass is 10.0. The predicted octanol–water partition coefficient (Wildman–Crippen LogP) is 13.0. The zero-order valence-corrected chi connectivity index (χ0v) is 28.8. The summed E-state index contributed by atoms with van der Waals surface area (Å²) >= 11 is 1.82. The summed E-state index contributed by atoms with van der Waals surface area (Å²) in [7, 11) is 0. The minimum absolute atomic E-state index is 0.955. The van der Waals surface area contributed by atoms with Crippen LogP contribution >= 0.6 is 11.3 Å². The van der Waals surface area contributed by atoms with Crippen LogP contribution in [0.1, 0.15) is 0 Å². The van der Waals surface area contributed by atoms with Gasteiger partial charge in [0.2, 0.25) is 0 Å². The van der Waals surface area contributed by atoms with Gasteiger partial charge < -0.3 is 4.90 Å². The highest BCUT2D eigenvalue weighted by atomic mass is 32.1. The van der Waals surface area contributed by atoms with Gasteiger partial charge >= 0.3 is 0 Å². The van der Waals surface area contributed by atoms with Gasteiger partial charge in [0.1, 0.15) is 0 Å². The second kappa shape index (κ2) is 12.6. The van der Waals surface area contributed by atoms with Crippen molar-refractivity contribution in [1.29, 1.82) is 0 Å². The van der Waals surface area contributed by atoms with Gasteiger partial charge in [-0.1, -0.05) is 103 Å². The Morgan fingerprint density at radius 1 is 0.404 bits per heavy atom. The lowest BCUT2D eigenvalue weighted by Gasteiger charge is -2.26. The van der Waals surface area contributed by atoms with E-state index in [-0.39, 0.29) is 0 Å². The Bertz CT molecular complexity index is 2770. The highest BCUT2D eigenvalue weighted by Crippen LogP contribution is 2.41. The molecule has 0 aliphatic carbocycles. The highest BCUT2D eigenvalue weighted by Gasteiger charge is 2.16. The molecule has 0 bridgehead atoms. The standard InChI is InChI=1S/C47H30N4S/c1-3-9-36-29-49-42(27-34(36)7-1)31-13-19-38(20-14-31)51(39-21-15-32(16-22-39)43-28-35-8-2-4-10-37(35)30-50-43)40-23-17-33(18-24-40)47-46-41-11-5-6-12-44(41)52-45(46)25-26-48-47/h1-30H. The number of aromatic nitrogens is 3. The maximum Gasteiger partial charge on any atom is 0.0795 e. The lowest BCUT2D eigenvalue weighted by molar-refractivity contribution is 1.27. The van der Waals surface area contributed by atoms with Gasteiger partial charge in [0.05, 0.1) is 17.1 Å². The lowest BCUT2D eigenvalue weighted by Crippen LogP contribution is -2.09. The second-order valence-electron chi connectivity index (χ2n) is 12.9. The fourth-order valence-corrected chi connectivity index (χ4v) is 8.25. The molecule has 5 heteroatoms. The smallest absolute Gasteiger partial charge is 0.0795 e. The van der Waals surface area contributed by atoms with Gasteiger partial charge in [-0.25, -0.2) is 0 Å². The van der Waals surface area contributed by atoms with Crippen LogP contribution in [0.4, 0.5) is 17.1 Å². The average molecular weight is 683 g/mol. The molecule has 6 aromatic carbocycles. The molecule has 0 saturated heterocycles. The Labute approximate surface area is 305 Å². The van der Waals surface area contributed by atoms with Crippen LogP contribution in [0.5, 0.6) is 0 Å². The van der Waals surface area contributed by atoms with E-state index in [2.05, 4.69) is 157 Å². The van der Waals surface area contributed by atoms with Gasteiger partial charge in [0, 0.05) is 83.3 Å². The number of benzene rings is 6. The third kappa shape index (κ3) is 5.36. The Balaban J connectivity index is 1.04. The Kier molecular flexibility index (Phi) is 7.29. The first-order chi connectivity index (χ1) is 25.7. The van der Waals surface area contributed by atoms with Crippen molar-refractivity contribution in [2.75, 3.05) is 4.90 Å². The van der Waals surface area contributed by atoms with Crippen molar-refractivity contribution >= 4 is 70.1 Å². The van der Waals surface area contributed by atoms with Crippen LogP contribution in [0.15, 0.2) is 182 Å². The van der Waals surface area contributed by atoms with E-state index in [0.29, 0.717) is 0 Å². The molecule has 0 spiro atoms. The summed E-state index contributed by atoms with van der Waals surface area (Å²) in [4.78, 5) is 16.7. The molecule has 0 aliphatic heterocycles. The molecule has 0 N–H and O–H groups in total. The molecule has 0 unspecified atom stereocenters. The van der Waals surface area contributed by atoms with Gasteiger partial charge in [0.25, 0.3) is 0 Å². The monoisotopic (exact) mass is 682 g/mol. The molecule has 10 aromatic rings. The first-order valence-corrected chi connectivity index (χ1v) is 18.1. The summed E-state index contributed by atoms with van der Waals surface area (Å²) < 4.78 is 2.53. The van der Waals surface area contributed by atoms with Crippen LogP contribution < -0.4 is 4.90 Å². The van der Waals surface area contributed by atoms with Crippen molar-refractivity contribution in [2.45, 2.75) is 0 Å². The van der Waals surface area contributed by atoms with Crippen molar-refractivity contribution in [3.05, 3.63) is 182 Å². The van der Waals surface area contributed by atoms with Crippen LogP contribution in [0, 0.1) is 0 Å². The number of anilines is 3. The minimum Gasteiger partial charge on any atom is -0.311 e. The molecule has 0 saturated carbocycles. The summed E-state index contributed by atoms with van der Waals surface area (Å²) in [5, 5.41) is 7.10. The van der Waals surface area contributed by atoms with Crippen LogP contribution in [-0.4, -0.2) is 15.0 Å². The van der Waals surface area contributed by atoms with Crippen LogP contribution in [0.3, 0.4) is 0 Å². The number of hydrogen-bond donors (Lipinski definition) is 0. The maximum absolute atomic E-state index is 4.89. The van der Waals surface area contributed by atoms with E-state index < -0.39 is 0 Å². The van der Waals surface area contributed by atoms with E-state index in [4.69, 9.17) is 15.0 Å². The van der Waals surface area contributed by atoms with Crippen molar-refractivity contribution in [3.63, 3.8) is 0 Å². The maximum atomic E-state index is 4.89. The molecule has 244 valence electrons. The number of pyridine rings is 3. The molecule has 0 aliphatic rings. The molecule has 0 atom stereocenters. The third-order valence-electron chi connectivity index (χ3n) is 9.79. The molecular weight excluding hydrogens is 653 g/mol. The number of thiophene rings is 1. The van der Waals surface area contributed by atoms with Crippen LogP contribution in [0.25, 0.3) is 75.5 Å². The van der Waals surface area contributed by atoms with E-state index in [1.54, 1.807) is 0 Å². The summed E-state index contributed by atoms with van der Waals surface area (Å²) in [5.74, 6) is 0. The third-order valence-corrected chi connectivity index (χ3v) is 10.9. The van der Waals surface area contributed by atoms with Crippen LogP contribution in [-0.2, 0) is 0 Å². The first kappa shape index (κ1) is 30.2. The van der Waals surface area contributed by atoms with Gasteiger partial charge in [-0.3, -0.25) is 15.0 Å².